The maximum atomic E-state index is 12.3. The normalized spacial score (nSPS) is 28.7. The monoisotopic (exact) mass is 294 g/mol. The van der Waals surface area contributed by atoms with Crippen LogP contribution in [-0.4, -0.2) is 38.4 Å². The molecule has 21 heavy (non-hydrogen) atoms. The maximum absolute atomic E-state index is 12.3. The van der Waals surface area contributed by atoms with Crippen molar-refractivity contribution in [3.8, 4) is 0 Å². The molecule has 0 aromatic rings. The van der Waals surface area contributed by atoms with Crippen LogP contribution in [0.3, 0.4) is 0 Å². The molecule has 0 bridgehead atoms. The van der Waals surface area contributed by atoms with Gasteiger partial charge >= 0.3 is 12.0 Å². The molecule has 1 heterocycles. The lowest BCUT2D eigenvalue weighted by Gasteiger charge is -2.38. The maximum Gasteiger partial charge on any atom is 0.319 e. The lowest BCUT2D eigenvalue weighted by molar-refractivity contribution is -0.150. The summed E-state index contributed by atoms with van der Waals surface area (Å²) in [5, 5.41) is 5.44. The second-order valence-corrected chi connectivity index (χ2v) is 5.33. The Morgan fingerprint density at radius 3 is 2.90 bits per heavy atom. The van der Waals surface area contributed by atoms with Gasteiger partial charge < -0.3 is 20.1 Å². The van der Waals surface area contributed by atoms with E-state index >= 15 is 0 Å². The average Bonchev–Trinajstić information content (AvgIpc) is 2.47. The van der Waals surface area contributed by atoms with Crippen molar-refractivity contribution in [2.45, 2.75) is 25.3 Å². The minimum Gasteiger partial charge on any atom is -0.463 e. The highest BCUT2D eigenvalue weighted by molar-refractivity contribution is 5.85. The third-order valence-electron chi connectivity index (χ3n) is 3.91. The summed E-state index contributed by atoms with van der Waals surface area (Å²) in [6.45, 7) is 4.37. The van der Waals surface area contributed by atoms with E-state index < -0.39 is 5.92 Å². The molecule has 0 unspecified atom stereocenters. The molecule has 0 radical (unpaired) electrons. The molecule has 6 heteroatoms. The fourth-order valence-corrected chi connectivity index (χ4v) is 2.85. The Morgan fingerprint density at radius 2 is 2.24 bits per heavy atom. The predicted molar refractivity (Wildman–Crippen MR) is 77.4 cm³/mol. The summed E-state index contributed by atoms with van der Waals surface area (Å²) in [7, 11) is 1.55. The van der Waals surface area contributed by atoms with Gasteiger partial charge in [-0.05, 0) is 25.2 Å². The average molecular weight is 294 g/mol. The second kappa shape index (κ2) is 7.26. The van der Waals surface area contributed by atoms with Gasteiger partial charge in [0.15, 0.2) is 0 Å². The van der Waals surface area contributed by atoms with Crippen LogP contribution in [0.15, 0.2) is 24.4 Å². The molecule has 6 nitrogen and oxygen atoms in total. The number of nitrogens with one attached hydrogen (secondary N) is 2. The van der Waals surface area contributed by atoms with Crippen molar-refractivity contribution in [2.24, 2.45) is 11.8 Å². The Labute approximate surface area is 124 Å². The van der Waals surface area contributed by atoms with Crippen LogP contribution in [0.1, 0.15) is 19.3 Å². The van der Waals surface area contributed by atoms with E-state index in [1.54, 1.807) is 7.11 Å². The van der Waals surface area contributed by atoms with E-state index in [1.807, 2.05) is 0 Å². The Kier molecular flexibility index (Phi) is 5.38. The van der Waals surface area contributed by atoms with Crippen LogP contribution in [0.2, 0.25) is 0 Å². The van der Waals surface area contributed by atoms with Crippen LogP contribution in [0.25, 0.3) is 0 Å². The number of esters is 1. The third-order valence-corrected chi connectivity index (χ3v) is 3.91. The van der Waals surface area contributed by atoms with E-state index in [9.17, 15) is 9.59 Å². The zero-order chi connectivity index (χ0) is 15.2. The molecule has 0 aromatic heterocycles. The number of carbonyl (C=O) groups excluding carboxylic acids is 2. The molecule has 0 saturated carbocycles. The Hall–Kier alpha value is -1.82. The first-order valence-corrected chi connectivity index (χ1v) is 7.20. The summed E-state index contributed by atoms with van der Waals surface area (Å²) < 4.78 is 10.1. The number of carbonyl (C=O) groups is 2. The first-order valence-electron chi connectivity index (χ1n) is 7.20. The number of hydrogen-bond donors (Lipinski definition) is 2. The van der Waals surface area contributed by atoms with Crippen molar-refractivity contribution >= 4 is 12.0 Å². The molecule has 2 aliphatic rings. The van der Waals surface area contributed by atoms with Crippen LogP contribution in [0.4, 0.5) is 4.79 Å². The van der Waals surface area contributed by atoms with Gasteiger partial charge in [-0.25, -0.2) is 4.79 Å². The molecule has 1 saturated heterocycles. The van der Waals surface area contributed by atoms with Gasteiger partial charge in [0.1, 0.15) is 12.5 Å². The van der Waals surface area contributed by atoms with Gasteiger partial charge in [-0.3, -0.25) is 4.79 Å². The first-order chi connectivity index (χ1) is 10.1. The summed E-state index contributed by atoms with van der Waals surface area (Å²) in [5.41, 5.74) is 0.403. The molecule has 3 atom stereocenters. The Balaban J connectivity index is 2.08. The first kappa shape index (κ1) is 15.6. The minimum absolute atomic E-state index is 0.199. The van der Waals surface area contributed by atoms with Gasteiger partial charge in [0.05, 0.1) is 12.6 Å². The molecular formula is C15H22N2O4. The number of urea groups is 1. The molecule has 2 N–H and O–H groups in total. The summed E-state index contributed by atoms with van der Waals surface area (Å²) in [6.07, 6.45) is 6.97. The van der Waals surface area contributed by atoms with E-state index in [1.165, 1.54) is 0 Å². The van der Waals surface area contributed by atoms with Crippen molar-refractivity contribution in [3.05, 3.63) is 24.4 Å². The third kappa shape index (κ3) is 3.85. The van der Waals surface area contributed by atoms with Crippen molar-refractivity contribution in [3.63, 3.8) is 0 Å². The minimum atomic E-state index is -0.559. The summed E-state index contributed by atoms with van der Waals surface area (Å²) in [6, 6.07) is -0.577. The number of methoxy groups -OCH3 is 1. The summed E-state index contributed by atoms with van der Waals surface area (Å²) in [4.78, 5) is 24.0. The number of amides is 2. The van der Waals surface area contributed by atoms with Gasteiger partial charge in [-0.1, -0.05) is 18.7 Å². The number of ether oxygens (including phenoxy) is 2. The van der Waals surface area contributed by atoms with Crippen LogP contribution < -0.4 is 10.6 Å². The smallest absolute Gasteiger partial charge is 0.319 e. The molecule has 0 aromatic carbocycles. The van der Waals surface area contributed by atoms with E-state index in [2.05, 4.69) is 29.4 Å². The number of allylic oxidation sites excluding steroid dienone is 2. The fourth-order valence-electron chi connectivity index (χ4n) is 2.85. The fraction of sp³-hybridized carbons (Fsp3) is 0.600. The lowest BCUT2D eigenvalue weighted by Crippen LogP contribution is -2.58. The number of rotatable bonds is 5. The van der Waals surface area contributed by atoms with Crippen molar-refractivity contribution in [1.82, 2.24) is 10.6 Å². The zero-order valence-electron chi connectivity index (χ0n) is 12.3. The van der Waals surface area contributed by atoms with Gasteiger partial charge in [0.25, 0.3) is 0 Å². The van der Waals surface area contributed by atoms with Crippen molar-refractivity contribution in [2.75, 3.05) is 20.3 Å². The SMILES string of the molecule is C=C1NC(=O)N[C@@H]([C@@H]2CC=CCC2)[C@@H]1C(=O)OCCOC. The van der Waals surface area contributed by atoms with Crippen LogP contribution in [0, 0.1) is 11.8 Å². The second-order valence-electron chi connectivity index (χ2n) is 5.33. The highest BCUT2D eigenvalue weighted by Crippen LogP contribution is 2.30. The van der Waals surface area contributed by atoms with Gasteiger partial charge in [0, 0.05) is 12.8 Å². The Morgan fingerprint density at radius 1 is 1.43 bits per heavy atom. The van der Waals surface area contributed by atoms with Crippen LogP contribution in [-0.2, 0) is 14.3 Å². The largest absolute Gasteiger partial charge is 0.463 e. The summed E-state index contributed by atoms with van der Waals surface area (Å²) >= 11 is 0. The van der Waals surface area contributed by atoms with Crippen LogP contribution >= 0.6 is 0 Å². The standard InChI is InChI=1S/C15H22N2O4/c1-10-12(14(18)21-9-8-20-2)13(17-15(19)16-10)11-6-4-3-5-7-11/h3-4,11-13H,1,5-9H2,2H3,(H2,16,17,19)/t11-,12-,13+/m1/s1. The molecular weight excluding hydrogens is 272 g/mol. The van der Waals surface area contributed by atoms with E-state index in [0.717, 1.165) is 19.3 Å². The molecule has 0 spiro atoms. The van der Waals surface area contributed by atoms with E-state index in [0.29, 0.717) is 12.3 Å². The van der Waals surface area contributed by atoms with Gasteiger partial charge in [0.2, 0.25) is 0 Å². The zero-order valence-corrected chi connectivity index (χ0v) is 12.3. The molecule has 116 valence electrons. The van der Waals surface area contributed by atoms with E-state index in [4.69, 9.17) is 9.47 Å². The Bertz CT molecular complexity index is 447. The highest BCUT2D eigenvalue weighted by atomic mass is 16.6. The topological polar surface area (TPSA) is 76.7 Å². The molecule has 1 fully saturated rings. The number of hydrogen-bond acceptors (Lipinski definition) is 4. The quantitative estimate of drug-likeness (QED) is 0.456. The lowest BCUT2D eigenvalue weighted by atomic mass is 9.79. The molecule has 2 rings (SSSR count). The van der Waals surface area contributed by atoms with Gasteiger partial charge in [-0.15, -0.1) is 0 Å². The molecule has 1 aliphatic carbocycles. The van der Waals surface area contributed by atoms with Crippen molar-refractivity contribution < 1.29 is 19.1 Å². The van der Waals surface area contributed by atoms with Crippen molar-refractivity contribution in [1.29, 1.82) is 0 Å². The molecule has 2 amide bonds. The van der Waals surface area contributed by atoms with Crippen LogP contribution in [0.5, 0.6) is 0 Å². The van der Waals surface area contributed by atoms with E-state index in [-0.39, 0.29) is 30.6 Å². The summed E-state index contributed by atoms with van der Waals surface area (Å²) in [5.74, 6) is -0.710. The highest BCUT2D eigenvalue weighted by Gasteiger charge is 2.41. The van der Waals surface area contributed by atoms with Gasteiger partial charge in [-0.2, -0.15) is 0 Å². The molecule has 1 aliphatic heterocycles. The predicted octanol–water partition coefficient (Wildman–Crippen LogP) is 1.34.